The zero-order valence-corrected chi connectivity index (χ0v) is 11.2. The minimum absolute atomic E-state index is 0.326. The molecule has 0 aliphatic rings. The molecule has 0 radical (unpaired) electrons. The number of pyridine rings is 1. The highest BCUT2D eigenvalue weighted by Gasteiger charge is 2.18. The molecule has 1 atom stereocenters. The second-order valence-electron chi connectivity index (χ2n) is 4.58. The van der Waals surface area contributed by atoms with Gasteiger partial charge in [-0.05, 0) is 30.5 Å². The molecule has 1 heterocycles. The van der Waals surface area contributed by atoms with Gasteiger partial charge in [-0.3, -0.25) is 4.79 Å². The van der Waals surface area contributed by atoms with Crippen LogP contribution in [0.2, 0.25) is 0 Å². The maximum absolute atomic E-state index is 12.1. The third kappa shape index (κ3) is 3.66. The number of benzene rings is 1. The van der Waals surface area contributed by atoms with E-state index in [0.29, 0.717) is 12.2 Å². The van der Waals surface area contributed by atoms with Gasteiger partial charge in [0.1, 0.15) is 11.7 Å². The molecular formula is C16H15N3O. The van der Waals surface area contributed by atoms with Crippen LogP contribution in [-0.2, 0) is 11.2 Å². The Morgan fingerprint density at radius 2 is 2.05 bits per heavy atom. The second-order valence-corrected chi connectivity index (χ2v) is 4.58. The van der Waals surface area contributed by atoms with Crippen LogP contribution in [0, 0.1) is 24.2 Å². The molecule has 0 saturated carbocycles. The van der Waals surface area contributed by atoms with Crippen molar-refractivity contribution >= 4 is 11.7 Å². The summed E-state index contributed by atoms with van der Waals surface area (Å²) >= 11 is 0. The zero-order valence-electron chi connectivity index (χ0n) is 11.2. The van der Waals surface area contributed by atoms with Gasteiger partial charge in [0.2, 0.25) is 5.91 Å². The first-order valence-corrected chi connectivity index (χ1v) is 6.36. The smallest absolute Gasteiger partial charge is 0.243 e. The summed E-state index contributed by atoms with van der Waals surface area (Å²) in [6.07, 6.45) is 2.07. The molecule has 0 aliphatic heterocycles. The highest BCUT2D eigenvalue weighted by molar-refractivity contribution is 5.93. The topological polar surface area (TPSA) is 65.8 Å². The van der Waals surface area contributed by atoms with Gasteiger partial charge in [-0.15, -0.1) is 0 Å². The molecule has 0 fully saturated rings. The number of carbonyl (C=O) groups excluding carboxylic acids is 1. The maximum atomic E-state index is 12.1. The van der Waals surface area contributed by atoms with E-state index in [2.05, 4.69) is 10.3 Å². The Kier molecular flexibility index (Phi) is 4.46. The van der Waals surface area contributed by atoms with Crippen LogP contribution in [0.15, 0.2) is 48.7 Å². The summed E-state index contributed by atoms with van der Waals surface area (Å²) in [4.78, 5) is 16.2. The quantitative estimate of drug-likeness (QED) is 0.924. The first kappa shape index (κ1) is 13.8. The summed E-state index contributed by atoms with van der Waals surface area (Å²) in [5.41, 5.74) is 1.98. The molecule has 100 valence electrons. The fourth-order valence-corrected chi connectivity index (χ4v) is 1.80. The fraction of sp³-hybridized carbons (Fsp3) is 0.188. The van der Waals surface area contributed by atoms with E-state index in [-0.39, 0.29) is 5.91 Å². The van der Waals surface area contributed by atoms with Crippen molar-refractivity contribution in [3.63, 3.8) is 0 Å². The van der Waals surface area contributed by atoms with Crippen LogP contribution in [0.1, 0.15) is 11.1 Å². The SMILES string of the molecule is Cc1ccc(NC(=O)[C@H](C#N)Cc2ccccc2)nc1. The number of nitrogens with zero attached hydrogens (tertiary/aromatic N) is 2. The van der Waals surface area contributed by atoms with Gasteiger partial charge in [-0.2, -0.15) is 5.26 Å². The first-order chi connectivity index (χ1) is 9.69. The van der Waals surface area contributed by atoms with Gasteiger partial charge in [0.05, 0.1) is 6.07 Å². The number of carbonyl (C=O) groups is 1. The fourth-order valence-electron chi connectivity index (χ4n) is 1.80. The van der Waals surface area contributed by atoms with Gasteiger partial charge >= 0.3 is 0 Å². The number of hydrogen-bond donors (Lipinski definition) is 1. The third-order valence-electron chi connectivity index (χ3n) is 2.92. The van der Waals surface area contributed by atoms with E-state index in [4.69, 9.17) is 5.26 Å². The lowest BCUT2D eigenvalue weighted by atomic mass is 10.00. The molecule has 0 aliphatic carbocycles. The van der Waals surface area contributed by atoms with Crippen LogP contribution < -0.4 is 5.32 Å². The van der Waals surface area contributed by atoms with E-state index in [1.165, 1.54) is 0 Å². The van der Waals surface area contributed by atoms with Crippen molar-refractivity contribution in [1.82, 2.24) is 4.98 Å². The van der Waals surface area contributed by atoms with E-state index < -0.39 is 5.92 Å². The van der Waals surface area contributed by atoms with Crippen LogP contribution in [0.4, 0.5) is 5.82 Å². The summed E-state index contributed by atoms with van der Waals surface area (Å²) in [5.74, 6) is -0.581. The Bertz CT molecular complexity index is 614. The molecule has 0 bridgehead atoms. The monoisotopic (exact) mass is 265 g/mol. The Balaban J connectivity index is 2.03. The number of rotatable bonds is 4. The largest absolute Gasteiger partial charge is 0.310 e. The van der Waals surface area contributed by atoms with Crippen molar-refractivity contribution in [3.05, 3.63) is 59.8 Å². The number of aromatic nitrogens is 1. The second kappa shape index (κ2) is 6.48. The van der Waals surface area contributed by atoms with E-state index in [1.54, 1.807) is 12.3 Å². The summed E-state index contributed by atoms with van der Waals surface area (Å²) in [7, 11) is 0. The summed E-state index contributed by atoms with van der Waals surface area (Å²) in [6, 6.07) is 15.1. The lowest BCUT2D eigenvalue weighted by Gasteiger charge is -2.10. The molecule has 1 aromatic heterocycles. The normalized spacial score (nSPS) is 11.4. The average Bonchev–Trinajstić information content (AvgIpc) is 2.48. The lowest BCUT2D eigenvalue weighted by Crippen LogP contribution is -2.23. The molecule has 20 heavy (non-hydrogen) atoms. The van der Waals surface area contributed by atoms with Crippen molar-refractivity contribution < 1.29 is 4.79 Å². The number of nitrogens with one attached hydrogen (secondary N) is 1. The molecule has 0 unspecified atom stereocenters. The minimum atomic E-state index is -0.722. The number of aryl methyl sites for hydroxylation is 1. The average molecular weight is 265 g/mol. The van der Waals surface area contributed by atoms with E-state index in [0.717, 1.165) is 11.1 Å². The number of amides is 1. The van der Waals surface area contributed by atoms with E-state index >= 15 is 0 Å². The van der Waals surface area contributed by atoms with Crippen LogP contribution in [-0.4, -0.2) is 10.9 Å². The number of nitriles is 1. The van der Waals surface area contributed by atoms with Crippen LogP contribution >= 0.6 is 0 Å². The van der Waals surface area contributed by atoms with E-state index in [9.17, 15) is 4.79 Å². The van der Waals surface area contributed by atoms with Gasteiger partial charge < -0.3 is 5.32 Å². The Morgan fingerprint density at radius 3 is 2.65 bits per heavy atom. The number of hydrogen-bond acceptors (Lipinski definition) is 3. The molecular weight excluding hydrogens is 250 g/mol. The summed E-state index contributed by atoms with van der Waals surface area (Å²) in [5, 5.41) is 11.8. The molecule has 4 nitrogen and oxygen atoms in total. The van der Waals surface area contributed by atoms with Crippen molar-refractivity contribution in [1.29, 1.82) is 5.26 Å². The highest BCUT2D eigenvalue weighted by Crippen LogP contribution is 2.11. The number of anilines is 1. The van der Waals surface area contributed by atoms with Crippen molar-refractivity contribution in [2.75, 3.05) is 5.32 Å². The maximum Gasteiger partial charge on any atom is 0.243 e. The predicted molar refractivity (Wildman–Crippen MR) is 76.9 cm³/mol. The van der Waals surface area contributed by atoms with Crippen molar-refractivity contribution in [2.45, 2.75) is 13.3 Å². The third-order valence-corrected chi connectivity index (χ3v) is 2.92. The molecule has 0 spiro atoms. The van der Waals surface area contributed by atoms with E-state index in [1.807, 2.05) is 49.4 Å². The van der Waals surface area contributed by atoms with Crippen molar-refractivity contribution in [3.8, 4) is 6.07 Å². The molecule has 0 saturated heterocycles. The molecule has 1 N–H and O–H groups in total. The standard InChI is InChI=1S/C16H15N3O/c1-12-7-8-15(18-11-12)19-16(20)14(10-17)9-13-5-3-2-4-6-13/h2-8,11,14H,9H2,1H3,(H,18,19,20)/t14-/m0/s1. The Hall–Kier alpha value is -2.67. The predicted octanol–water partition coefficient (Wildman–Crippen LogP) is 2.71. The Morgan fingerprint density at radius 1 is 1.30 bits per heavy atom. The van der Waals surface area contributed by atoms with Crippen LogP contribution in [0.5, 0.6) is 0 Å². The van der Waals surface area contributed by atoms with Crippen LogP contribution in [0.3, 0.4) is 0 Å². The van der Waals surface area contributed by atoms with Gasteiger partial charge in [0, 0.05) is 6.20 Å². The molecule has 2 rings (SSSR count). The van der Waals surface area contributed by atoms with Crippen molar-refractivity contribution in [2.24, 2.45) is 5.92 Å². The Labute approximate surface area is 118 Å². The van der Waals surface area contributed by atoms with Gasteiger partial charge in [-0.1, -0.05) is 36.4 Å². The molecule has 4 heteroatoms. The minimum Gasteiger partial charge on any atom is -0.310 e. The molecule has 1 aromatic carbocycles. The van der Waals surface area contributed by atoms with Gasteiger partial charge in [0.15, 0.2) is 0 Å². The summed E-state index contributed by atoms with van der Waals surface area (Å²) < 4.78 is 0. The van der Waals surface area contributed by atoms with Gasteiger partial charge in [0.25, 0.3) is 0 Å². The molecule has 1 amide bonds. The molecule has 2 aromatic rings. The highest BCUT2D eigenvalue weighted by atomic mass is 16.1. The zero-order chi connectivity index (χ0) is 14.4. The summed E-state index contributed by atoms with van der Waals surface area (Å²) in [6.45, 7) is 1.92. The first-order valence-electron chi connectivity index (χ1n) is 6.36. The lowest BCUT2D eigenvalue weighted by molar-refractivity contribution is -0.118. The van der Waals surface area contributed by atoms with Gasteiger partial charge in [-0.25, -0.2) is 4.98 Å². The van der Waals surface area contributed by atoms with Crippen LogP contribution in [0.25, 0.3) is 0 Å².